The fraction of sp³-hybridized carbons (Fsp3) is 0.562. The Hall–Kier alpha value is -1.16. The van der Waals surface area contributed by atoms with Gasteiger partial charge in [0.2, 0.25) is 0 Å². The summed E-state index contributed by atoms with van der Waals surface area (Å²) in [5.41, 5.74) is 1.55. The molecule has 3 nitrogen and oxygen atoms in total. The van der Waals surface area contributed by atoms with Crippen molar-refractivity contribution in [1.82, 2.24) is 0 Å². The maximum absolute atomic E-state index is 12.5. The van der Waals surface area contributed by atoms with Crippen LogP contribution in [0.25, 0.3) is 0 Å². The molecule has 0 bridgehead atoms. The SMILES string of the molecule is Cc1ccc(C(=O)C(C)S(=O)(=O)C2CCCCC2)cc1. The number of hydrogen-bond donors (Lipinski definition) is 0. The molecule has 0 heterocycles. The van der Waals surface area contributed by atoms with Gasteiger partial charge in [-0.1, -0.05) is 49.1 Å². The molecule has 0 aliphatic heterocycles. The van der Waals surface area contributed by atoms with Crippen molar-refractivity contribution >= 4 is 15.6 Å². The van der Waals surface area contributed by atoms with Gasteiger partial charge in [-0.25, -0.2) is 8.42 Å². The number of carbonyl (C=O) groups excluding carboxylic acids is 1. The summed E-state index contributed by atoms with van der Waals surface area (Å²) in [6.07, 6.45) is 4.42. The van der Waals surface area contributed by atoms with E-state index in [2.05, 4.69) is 0 Å². The summed E-state index contributed by atoms with van der Waals surface area (Å²) in [4.78, 5) is 12.4. The number of hydrogen-bond acceptors (Lipinski definition) is 3. The van der Waals surface area contributed by atoms with E-state index in [-0.39, 0.29) is 11.0 Å². The fourth-order valence-electron chi connectivity index (χ4n) is 2.78. The third kappa shape index (κ3) is 3.11. The molecule has 1 saturated carbocycles. The molecule has 4 heteroatoms. The molecule has 0 spiro atoms. The molecule has 2 rings (SSSR count). The Morgan fingerprint density at radius 1 is 1.10 bits per heavy atom. The van der Waals surface area contributed by atoms with Gasteiger partial charge in [0, 0.05) is 5.56 Å². The molecule has 1 fully saturated rings. The van der Waals surface area contributed by atoms with Gasteiger partial charge in [-0.2, -0.15) is 0 Å². The zero-order chi connectivity index (χ0) is 14.8. The van der Waals surface area contributed by atoms with E-state index >= 15 is 0 Å². The van der Waals surface area contributed by atoms with E-state index in [0.717, 1.165) is 24.8 Å². The summed E-state index contributed by atoms with van der Waals surface area (Å²) in [6.45, 7) is 3.47. The third-order valence-corrected chi connectivity index (χ3v) is 6.82. The van der Waals surface area contributed by atoms with E-state index in [0.29, 0.717) is 18.4 Å². The fourth-order valence-corrected chi connectivity index (χ4v) is 4.79. The second kappa shape index (κ2) is 6.08. The van der Waals surface area contributed by atoms with Crippen LogP contribution in [0.15, 0.2) is 24.3 Å². The molecule has 0 aromatic heterocycles. The van der Waals surface area contributed by atoms with Crippen LogP contribution in [0.4, 0.5) is 0 Å². The third-order valence-electron chi connectivity index (χ3n) is 4.21. The van der Waals surface area contributed by atoms with E-state index in [1.807, 2.05) is 19.1 Å². The van der Waals surface area contributed by atoms with Crippen molar-refractivity contribution in [2.45, 2.75) is 56.5 Å². The van der Waals surface area contributed by atoms with Crippen LogP contribution in [0.3, 0.4) is 0 Å². The van der Waals surface area contributed by atoms with Crippen molar-refractivity contribution in [2.75, 3.05) is 0 Å². The number of sulfone groups is 1. The van der Waals surface area contributed by atoms with Crippen LogP contribution in [0.5, 0.6) is 0 Å². The molecule has 1 aromatic rings. The average molecular weight is 294 g/mol. The number of benzene rings is 1. The molecule has 1 unspecified atom stereocenters. The number of carbonyl (C=O) groups is 1. The molecule has 0 N–H and O–H groups in total. The predicted molar refractivity (Wildman–Crippen MR) is 80.8 cm³/mol. The second-order valence-electron chi connectivity index (χ2n) is 5.72. The maximum atomic E-state index is 12.5. The van der Waals surface area contributed by atoms with Crippen molar-refractivity contribution in [3.8, 4) is 0 Å². The van der Waals surface area contributed by atoms with Crippen molar-refractivity contribution in [2.24, 2.45) is 0 Å². The lowest BCUT2D eigenvalue weighted by Gasteiger charge is -2.24. The predicted octanol–water partition coefficient (Wildman–Crippen LogP) is 3.31. The van der Waals surface area contributed by atoms with Crippen LogP contribution in [0.2, 0.25) is 0 Å². The lowest BCUT2D eigenvalue weighted by atomic mass is 10.0. The van der Waals surface area contributed by atoms with Gasteiger partial charge in [-0.05, 0) is 26.7 Å². The van der Waals surface area contributed by atoms with Gasteiger partial charge in [-0.15, -0.1) is 0 Å². The summed E-state index contributed by atoms with van der Waals surface area (Å²) >= 11 is 0. The minimum absolute atomic E-state index is 0.282. The Morgan fingerprint density at radius 3 is 2.20 bits per heavy atom. The Balaban J connectivity index is 2.18. The van der Waals surface area contributed by atoms with Crippen LogP contribution in [0.1, 0.15) is 54.9 Å². The van der Waals surface area contributed by atoms with E-state index < -0.39 is 15.1 Å². The summed E-state index contributed by atoms with van der Waals surface area (Å²) < 4.78 is 25.1. The second-order valence-corrected chi connectivity index (χ2v) is 8.27. The highest BCUT2D eigenvalue weighted by atomic mass is 32.2. The Morgan fingerprint density at radius 2 is 1.65 bits per heavy atom. The number of Topliss-reactive ketones (excluding diaryl/α,β-unsaturated/α-hetero) is 1. The van der Waals surface area contributed by atoms with Crippen LogP contribution < -0.4 is 0 Å². The van der Waals surface area contributed by atoms with Crippen LogP contribution in [0, 0.1) is 6.92 Å². The Labute approximate surface area is 121 Å². The highest BCUT2D eigenvalue weighted by molar-refractivity contribution is 7.93. The van der Waals surface area contributed by atoms with Crippen molar-refractivity contribution < 1.29 is 13.2 Å². The highest BCUT2D eigenvalue weighted by Crippen LogP contribution is 2.27. The summed E-state index contributed by atoms with van der Waals surface area (Å²) in [5, 5.41) is -1.27. The van der Waals surface area contributed by atoms with Crippen molar-refractivity contribution in [3.05, 3.63) is 35.4 Å². The van der Waals surface area contributed by atoms with E-state index in [9.17, 15) is 13.2 Å². The first-order chi connectivity index (χ1) is 9.43. The van der Waals surface area contributed by atoms with Crippen LogP contribution in [-0.4, -0.2) is 24.7 Å². The van der Waals surface area contributed by atoms with Gasteiger partial charge in [0.1, 0.15) is 5.25 Å². The smallest absolute Gasteiger partial charge is 0.180 e. The zero-order valence-corrected chi connectivity index (χ0v) is 12.9. The van der Waals surface area contributed by atoms with Crippen LogP contribution in [-0.2, 0) is 9.84 Å². The molecule has 1 aliphatic carbocycles. The first-order valence-electron chi connectivity index (χ1n) is 7.26. The molecule has 0 radical (unpaired) electrons. The van der Waals surface area contributed by atoms with E-state index in [1.54, 1.807) is 12.1 Å². The standard InChI is InChI=1S/C16H22O3S/c1-12-8-10-14(11-9-12)16(17)13(2)20(18,19)15-6-4-3-5-7-15/h8-11,13,15H,3-7H2,1-2H3. The number of rotatable bonds is 4. The topological polar surface area (TPSA) is 51.2 Å². The number of ketones is 1. The van der Waals surface area contributed by atoms with Crippen molar-refractivity contribution in [1.29, 1.82) is 0 Å². The molecule has 110 valence electrons. The molecule has 1 aliphatic rings. The molecule has 1 aromatic carbocycles. The lowest BCUT2D eigenvalue weighted by Crippen LogP contribution is -2.36. The zero-order valence-electron chi connectivity index (χ0n) is 12.1. The lowest BCUT2D eigenvalue weighted by molar-refractivity contribution is 0.0991. The largest absolute Gasteiger partial charge is 0.293 e. The quantitative estimate of drug-likeness (QED) is 0.800. The van der Waals surface area contributed by atoms with Gasteiger partial charge in [0.25, 0.3) is 0 Å². The van der Waals surface area contributed by atoms with Gasteiger partial charge in [-0.3, -0.25) is 4.79 Å². The Bertz CT molecular complexity index is 566. The summed E-state index contributed by atoms with van der Waals surface area (Å²) in [7, 11) is -3.37. The summed E-state index contributed by atoms with van der Waals surface area (Å²) in [6, 6.07) is 7.11. The van der Waals surface area contributed by atoms with Gasteiger partial charge in [0.05, 0.1) is 5.25 Å². The van der Waals surface area contributed by atoms with Gasteiger partial charge in [0.15, 0.2) is 15.6 Å². The van der Waals surface area contributed by atoms with E-state index in [4.69, 9.17) is 0 Å². The maximum Gasteiger partial charge on any atom is 0.180 e. The Kier molecular flexibility index (Phi) is 4.63. The minimum atomic E-state index is -3.37. The van der Waals surface area contributed by atoms with Gasteiger partial charge >= 0.3 is 0 Å². The minimum Gasteiger partial charge on any atom is -0.293 e. The van der Waals surface area contributed by atoms with E-state index in [1.165, 1.54) is 6.92 Å². The monoisotopic (exact) mass is 294 g/mol. The highest BCUT2D eigenvalue weighted by Gasteiger charge is 2.36. The average Bonchev–Trinajstić information content (AvgIpc) is 2.47. The first-order valence-corrected chi connectivity index (χ1v) is 8.87. The van der Waals surface area contributed by atoms with Gasteiger partial charge < -0.3 is 0 Å². The summed E-state index contributed by atoms with van der Waals surface area (Å²) in [5.74, 6) is -0.282. The normalized spacial score (nSPS) is 18.7. The molecule has 0 amide bonds. The first kappa shape index (κ1) is 15.2. The van der Waals surface area contributed by atoms with Crippen LogP contribution >= 0.6 is 0 Å². The molecule has 1 atom stereocenters. The molecular formula is C16H22O3S. The van der Waals surface area contributed by atoms with Crippen molar-refractivity contribution in [3.63, 3.8) is 0 Å². The molecule has 0 saturated heterocycles. The molecule has 20 heavy (non-hydrogen) atoms. The molecular weight excluding hydrogens is 272 g/mol. The number of aryl methyl sites for hydroxylation is 1.